The van der Waals surface area contributed by atoms with Gasteiger partial charge in [-0.15, -0.1) is 0 Å². The number of nitrogens with two attached hydrogens (primary N) is 1. The molecule has 0 spiro atoms. The lowest BCUT2D eigenvalue weighted by Crippen LogP contribution is -2.41. The second-order valence-electron chi connectivity index (χ2n) is 6.76. The Balaban J connectivity index is 1.72. The topological polar surface area (TPSA) is 29.3 Å². The lowest BCUT2D eigenvalue weighted by molar-refractivity contribution is 0.0660. The minimum atomic E-state index is 0.624. The number of fused-ring (bicyclic) bond motifs is 1. The Morgan fingerprint density at radius 3 is 2.55 bits per heavy atom. The van der Waals surface area contributed by atoms with Gasteiger partial charge in [-0.1, -0.05) is 32.8 Å². The first-order chi connectivity index (χ1) is 9.67. The fraction of sp³-hybridized carbons (Fsp3) is 0.667. The van der Waals surface area contributed by atoms with Crippen LogP contribution in [-0.2, 0) is 6.42 Å². The zero-order valence-corrected chi connectivity index (χ0v) is 13.0. The van der Waals surface area contributed by atoms with E-state index in [-0.39, 0.29) is 0 Å². The average molecular weight is 272 g/mol. The van der Waals surface area contributed by atoms with Crippen molar-refractivity contribution in [3.8, 4) is 0 Å². The van der Waals surface area contributed by atoms with E-state index in [9.17, 15) is 0 Å². The highest BCUT2D eigenvalue weighted by atomic mass is 15.2. The van der Waals surface area contributed by atoms with Crippen LogP contribution in [0.3, 0.4) is 0 Å². The highest BCUT2D eigenvalue weighted by molar-refractivity contribution is 5.47. The van der Waals surface area contributed by atoms with Gasteiger partial charge in [-0.05, 0) is 67.4 Å². The van der Waals surface area contributed by atoms with Crippen LogP contribution >= 0.6 is 0 Å². The molecule has 1 unspecified atom stereocenters. The van der Waals surface area contributed by atoms with Crippen LogP contribution in [0.5, 0.6) is 0 Å². The molecule has 2 nitrogen and oxygen atoms in total. The second-order valence-corrected chi connectivity index (χ2v) is 6.76. The number of hydrogen-bond acceptors (Lipinski definition) is 2. The van der Waals surface area contributed by atoms with E-state index in [1.807, 2.05) is 0 Å². The summed E-state index contributed by atoms with van der Waals surface area (Å²) in [5.74, 6) is 0. The molecule has 1 fully saturated rings. The molecule has 2 heteroatoms. The molecule has 2 aliphatic rings. The number of rotatable bonds is 3. The van der Waals surface area contributed by atoms with Crippen molar-refractivity contribution in [2.75, 3.05) is 18.8 Å². The third-order valence-corrected chi connectivity index (χ3v) is 6.01. The van der Waals surface area contributed by atoms with Crippen molar-refractivity contribution in [3.63, 3.8) is 0 Å². The van der Waals surface area contributed by atoms with Crippen LogP contribution in [0.25, 0.3) is 0 Å². The predicted molar refractivity (Wildman–Crippen MR) is 85.7 cm³/mol. The summed E-state index contributed by atoms with van der Waals surface area (Å²) in [5.41, 5.74) is 10.5. The first kappa shape index (κ1) is 13.9. The molecule has 1 saturated heterocycles. The largest absolute Gasteiger partial charge is 0.399 e. The van der Waals surface area contributed by atoms with E-state index >= 15 is 0 Å². The summed E-state index contributed by atoms with van der Waals surface area (Å²) in [6, 6.07) is 7.17. The summed E-state index contributed by atoms with van der Waals surface area (Å²) >= 11 is 0. The van der Waals surface area contributed by atoms with Gasteiger partial charge < -0.3 is 5.73 Å². The molecule has 1 aromatic carbocycles. The van der Waals surface area contributed by atoms with Gasteiger partial charge in [-0.25, -0.2) is 0 Å². The zero-order valence-electron chi connectivity index (χ0n) is 13.0. The number of likely N-dealkylation sites (tertiary alicyclic amines) is 1. The van der Waals surface area contributed by atoms with E-state index < -0.39 is 0 Å². The van der Waals surface area contributed by atoms with E-state index in [4.69, 9.17) is 5.73 Å². The molecule has 0 saturated carbocycles. The molecule has 2 N–H and O–H groups in total. The van der Waals surface area contributed by atoms with Crippen molar-refractivity contribution in [2.45, 2.75) is 58.4 Å². The number of aryl methyl sites for hydroxylation is 1. The van der Waals surface area contributed by atoms with Crippen LogP contribution in [0.2, 0.25) is 0 Å². The van der Waals surface area contributed by atoms with Crippen LogP contribution < -0.4 is 5.73 Å². The maximum Gasteiger partial charge on any atom is 0.0354 e. The third-order valence-electron chi connectivity index (χ3n) is 6.01. The molecule has 20 heavy (non-hydrogen) atoms. The van der Waals surface area contributed by atoms with Gasteiger partial charge >= 0.3 is 0 Å². The Labute approximate surface area is 123 Å². The second kappa shape index (κ2) is 5.40. The van der Waals surface area contributed by atoms with Gasteiger partial charge in [0.05, 0.1) is 0 Å². The summed E-state index contributed by atoms with van der Waals surface area (Å²) < 4.78 is 0. The van der Waals surface area contributed by atoms with Crippen molar-refractivity contribution in [1.82, 2.24) is 4.90 Å². The highest BCUT2D eigenvalue weighted by Crippen LogP contribution is 2.43. The molecule has 1 aliphatic carbocycles. The Bertz CT molecular complexity index is 466. The number of benzene rings is 1. The van der Waals surface area contributed by atoms with Gasteiger partial charge in [0, 0.05) is 11.7 Å². The molecule has 1 heterocycles. The maximum absolute atomic E-state index is 5.91. The Kier molecular flexibility index (Phi) is 3.76. The predicted octanol–water partition coefficient (Wildman–Crippen LogP) is 4.16. The van der Waals surface area contributed by atoms with Crippen LogP contribution in [0.1, 0.15) is 63.1 Å². The fourth-order valence-electron chi connectivity index (χ4n) is 4.26. The lowest BCUT2D eigenvalue weighted by Gasteiger charge is -2.43. The number of hydrogen-bond donors (Lipinski definition) is 1. The van der Waals surface area contributed by atoms with E-state index in [1.54, 1.807) is 5.56 Å². The van der Waals surface area contributed by atoms with Crippen LogP contribution in [0.15, 0.2) is 18.2 Å². The molecule has 0 aromatic heterocycles. The van der Waals surface area contributed by atoms with Gasteiger partial charge in [0.1, 0.15) is 0 Å². The SMILES string of the molecule is CCC1(CC)CCN(C2CCc3cc(N)ccc32)CC1. The number of piperidine rings is 1. The summed E-state index contributed by atoms with van der Waals surface area (Å²) in [6.07, 6.45) is 7.92. The Hall–Kier alpha value is -1.02. The third kappa shape index (κ3) is 2.35. The standard InChI is InChI=1S/C18H28N2/c1-3-18(4-2)9-11-20(12-10-18)17-8-5-14-13-15(19)6-7-16(14)17/h6-7,13,17H,3-5,8-12,19H2,1-2H3. The number of nitrogens with zero attached hydrogens (tertiary/aromatic N) is 1. The van der Waals surface area contributed by atoms with Crippen molar-refractivity contribution >= 4 is 5.69 Å². The van der Waals surface area contributed by atoms with Gasteiger partial charge in [-0.3, -0.25) is 4.90 Å². The zero-order chi connectivity index (χ0) is 14.2. The summed E-state index contributed by atoms with van der Waals surface area (Å²) in [7, 11) is 0. The van der Waals surface area contributed by atoms with Crippen molar-refractivity contribution in [3.05, 3.63) is 29.3 Å². The molecule has 1 aliphatic heterocycles. The molecule has 0 bridgehead atoms. The number of nitrogen functional groups attached to an aromatic ring is 1. The van der Waals surface area contributed by atoms with E-state index in [0.29, 0.717) is 11.5 Å². The normalized spacial score (nSPS) is 25.6. The average Bonchev–Trinajstić information content (AvgIpc) is 2.90. The van der Waals surface area contributed by atoms with Crippen LogP contribution in [-0.4, -0.2) is 18.0 Å². The highest BCUT2D eigenvalue weighted by Gasteiger charge is 2.35. The minimum absolute atomic E-state index is 0.624. The first-order valence-electron chi connectivity index (χ1n) is 8.30. The molecular formula is C18H28N2. The maximum atomic E-state index is 5.91. The molecular weight excluding hydrogens is 244 g/mol. The fourth-order valence-corrected chi connectivity index (χ4v) is 4.26. The van der Waals surface area contributed by atoms with E-state index in [2.05, 4.69) is 36.9 Å². The van der Waals surface area contributed by atoms with Gasteiger partial charge in [0.15, 0.2) is 0 Å². The van der Waals surface area contributed by atoms with E-state index in [0.717, 1.165) is 5.69 Å². The molecule has 0 radical (unpaired) electrons. The summed E-state index contributed by atoms with van der Waals surface area (Å²) in [4.78, 5) is 2.73. The van der Waals surface area contributed by atoms with Crippen molar-refractivity contribution in [2.24, 2.45) is 5.41 Å². The van der Waals surface area contributed by atoms with Crippen molar-refractivity contribution < 1.29 is 0 Å². The van der Waals surface area contributed by atoms with E-state index in [1.165, 1.54) is 57.2 Å². The minimum Gasteiger partial charge on any atom is -0.399 e. The molecule has 0 amide bonds. The first-order valence-corrected chi connectivity index (χ1v) is 8.30. The Morgan fingerprint density at radius 2 is 1.90 bits per heavy atom. The summed E-state index contributed by atoms with van der Waals surface area (Å²) in [5, 5.41) is 0. The molecule has 1 aromatic rings. The lowest BCUT2D eigenvalue weighted by atomic mass is 9.74. The van der Waals surface area contributed by atoms with Crippen molar-refractivity contribution in [1.29, 1.82) is 0 Å². The van der Waals surface area contributed by atoms with Crippen LogP contribution in [0, 0.1) is 5.41 Å². The van der Waals surface area contributed by atoms with Gasteiger partial charge in [0.2, 0.25) is 0 Å². The van der Waals surface area contributed by atoms with Gasteiger partial charge in [0.25, 0.3) is 0 Å². The summed E-state index contributed by atoms with van der Waals surface area (Å²) in [6.45, 7) is 7.28. The Morgan fingerprint density at radius 1 is 1.20 bits per heavy atom. The quantitative estimate of drug-likeness (QED) is 0.837. The smallest absolute Gasteiger partial charge is 0.0354 e. The molecule has 1 atom stereocenters. The molecule has 110 valence electrons. The molecule has 3 rings (SSSR count). The van der Waals surface area contributed by atoms with Gasteiger partial charge in [-0.2, -0.15) is 0 Å². The monoisotopic (exact) mass is 272 g/mol. The number of anilines is 1. The van der Waals surface area contributed by atoms with Crippen LogP contribution in [0.4, 0.5) is 5.69 Å².